The Balaban J connectivity index is 1.41. The number of aromatic nitrogens is 6. The van der Waals surface area contributed by atoms with Gasteiger partial charge in [0.2, 0.25) is 16.0 Å². The Labute approximate surface area is 187 Å². The number of hydrogen-bond donors (Lipinski definition) is 6. The van der Waals surface area contributed by atoms with Crippen molar-refractivity contribution in [2.45, 2.75) is 4.90 Å². The highest BCUT2D eigenvalue weighted by atomic mass is 32.2. The van der Waals surface area contributed by atoms with Crippen LogP contribution in [0.2, 0.25) is 0 Å². The van der Waals surface area contributed by atoms with Gasteiger partial charge < -0.3 is 15.7 Å². The van der Waals surface area contributed by atoms with Crippen LogP contribution < -0.4 is 15.4 Å². The van der Waals surface area contributed by atoms with E-state index in [1.165, 1.54) is 12.1 Å². The first-order valence-electron chi connectivity index (χ1n) is 9.91. The van der Waals surface area contributed by atoms with E-state index < -0.39 is 10.0 Å². The number of H-pyrrole nitrogens is 2. The van der Waals surface area contributed by atoms with Crippen molar-refractivity contribution < 1.29 is 13.5 Å². The molecule has 0 bridgehead atoms. The van der Waals surface area contributed by atoms with Crippen molar-refractivity contribution in [3.63, 3.8) is 0 Å². The molecule has 3 aromatic heterocycles. The zero-order valence-corrected chi connectivity index (χ0v) is 17.9. The number of sulfonamides is 1. The van der Waals surface area contributed by atoms with Crippen LogP contribution in [0.15, 0.2) is 59.8 Å². The van der Waals surface area contributed by atoms with E-state index in [1.54, 1.807) is 24.5 Å². The number of fused-ring (bicyclic) bond motifs is 2. The van der Waals surface area contributed by atoms with Gasteiger partial charge in [-0.3, -0.25) is 10.2 Å². The first-order chi connectivity index (χ1) is 16.0. The summed E-state index contributed by atoms with van der Waals surface area (Å²) in [6.45, 7) is -0.331. The molecule has 13 heteroatoms. The first-order valence-corrected chi connectivity index (χ1v) is 11.4. The number of aliphatic hydroxyl groups excluding tert-OH is 1. The van der Waals surface area contributed by atoms with Crippen LogP contribution >= 0.6 is 0 Å². The molecule has 33 heavy (non-hydrogen) atoms. The number of benzene rings is 2. The van der Waals surface area contributed by atoms with Crippen LogP contribution in [0.5, 0.6) is 0 Å². The lowest BCUT2D eigenvalue weighted by Gasteiger charge is -2.11. The van der Waals surface area contributed by atoms with Crippen molar-refractivity contribution in [1.82, 2.24) is 35.1 Å². The van der Waals surface area contributed by atoms with E-state index in [-0.39, 0.29) is 18.0 Å². The maximum Gasteiger partial charge on any atom is 0.240 e. The normalized spacial score (nSPS) is 11.8. The quantitative estimate of drug-likeness (QED) is 0.200. The second-order valence-corrected chi connectivity index (χ2v) is 8.86. The van der Waals surface area contributed by atoms with Crippen LogP contribution in [0, 0.1) is 0 Å². The molecule has 2 aromatic carbocycles. The van der Waals surface area contributed by atoms with Gasteiger partial charge in [0.05, 0.1) is 34.8 Å². The minimum Gasteiger partial charge on any atom is -0.395 e. The Morgan fingerprint density at radius 3 is 2.52 bits per heavy atom. The fraction of sp³-hybridized carbons (Fsp3) is 0.100. The largest absolute Gasteiger partial charge is 0.395 e. The van der Waals surface area contributed by atoms with Gasteiger partial charge in [0, 0.05) is 23.3 Å². The molecule has 168 valence electrons. The Kier molecular flexibility index (Phi) is 5.34. The molecular formula is C20H19N9O3S. The lowest BCUT2D eigenvalue weighted by molar-refractivity contribution is 0.301. The summed E-state index contributed by atoms with van der Waals surface area (Å²) in [6, 6.07) is 11.9. The second-order valence-electron chi connectivity index (χ2n) is 7.10. The van der Waals surface area contributed by atoms with Crippen LogP contribution in [0.25, 0.3) is 21.9 Å². The third kappa shape index (κ3) is 4.32. The zero-order valence-electron chi connectivity index (χ0n) is 17.1. The van der Waals surface area contributed by atoms with Gasteiger partial charge in [0.1, 0.15) is 5.82 Å². The topological polar surface area (TPSA) is 174 Å². The lowest BCUT2D eigenvalue weighted by Crippen LogP contribution is -2.26. The Hall–Kier alpha value is -4.07. The molecule has 0 saturated carbocycles. The van der Waals surface area contributed by atoms with E-state index in [9.17, 15) is 8.42 Å². The second kappa shape index (κ2) is 8.46. The fourth-order valence-electron chi connectivity index (χ4n) is 3.25. The molecule has 5 rings (SSSR count). The van der Waals surface area contributed by atoms with Crippen LogP contribution in [-0.4, -0.2) is 57.0 Å². The van der Waals surface area contributed by atoms with Gasteiger partial charge in [-0.05, 0) is 42.5 Å². The van der Waals surface area contributed by atoms with E-state index in [2.05, 4.69) is 45.7 Å². The van der Waals surface area contributed by atoms with Gasteiger partial charge in [-0.15, -0.1) is 0 Å². The minimum atomic E-state index is -3.69. The van der Waals surface area contributed by atoms with Gasteiger partial charge in [0.15, 0.2) is 5.65 Å². The van der Waals surface area contributed by atoms with Gasteiger partial charge in [-0.25, -0.2) is 13.1 Å². The third-order valence-electron chi connectivity index (χ3n) is 4.84. The Bertz CT molecular complexity index is 1530. The molecule has 0 radical (unpaired) electrons. The monoisotopic (exact) mass is 465 g/mol. The molecule has 6 N–H and O–H groups in total. The van der Waals surface area contributed by atoms with Crippen molar-refractivity contribution in [2.24, 2.45) is 0 Å². The number of rotatable bonds is 8. The standard InChI is InChI=1S/C20H19N9O3S/c30-8-7-23-33(31,32)15-4-1-13(2-5-15)25-20-26-18(16-11-22-29-19(16)27-20)24-14-3-6-17-12(9-14)10-21-28-17/h1-6,9-11,23,30H,7-8H2,(H,21,28)(H3,22,24,25,26,27,29). The van der Waals surface area contributed by atoms with Crippen LogP contribution in [0.4, 0.5) is 23.1 Å². The highest BCUT2D eigenvalue weighted by Gasteiger charge is 2.14. The molecule has 0 fully saturated rings. The number of nitrogens with one attached hydrogen (secondary N) is 5. The summed E-state index contributed by atoms with van der Waals surface area (Å²) in [5.41, 5.74) is 2.88. The minimum absolute atomic E-state index is 0.0519. The highest BCUT2D eigenvalue weighted by Crippen LogP contribution is 2.27. The van der Waals surface area contributed by atoms with Gasteiger partial charge in [-0.2, -0.15) is 20.2 Å². The van der Waals surface area contributed by atoms with Gasteiger partial charge in [0.25, 0.3) is 0 Å². The summed E-state index contributed by atoms with van der Waals surface area (Å²) in [6.07, 6.45) is 3.38. The van der Waals surface area contributed by atoms with Crippen molar-refractivity contribution in [1.29, 1.82) is 0 Å². The molecule has 0 aliphatic carbocycles. The average molecular weight is 465 g/mol. The summed E-state index contributed by atoms with van der Waals surface area (Å²) in [5.74, 6) is 0.846. The molecule has 0 aliphatic rings. The fourth-order valence-corrected chi connectivity index (χ4v) is 4.27. The Morgan fingerprint density at radius 1 is 0.909 bits per heavy atom. The van der Waals surface area contributed by atoms with E-state index in [1.807, 2.05) is 18.2 Å². The van der Waals surface area contributed by atoms with Crippen molar-refractivity contribution in [3.05, 3.63) is 54.9 Å². The van der Waals surface area contributed by atoms with E-state index in [0.717, 1.165) is 16.6 Å². The summed E-state index contributed by atoms with van der Waals surface area (Å²) in [7, 11) is -3.69. The molecule has 0 atom stereocenters. The van der Waals surface area contributed by atoms with Crippen molar-refractivity contribution in [3.8, 4) is 0 Å². The van der Waals surface area contributed by atoms with Gasteiger partial charge in [-0.1, -0.05) is 0 Å². The predicted molar refractivity (Wildman–Crippen MR) is 123 cm³/mol. The van der Waals surface area contributed by atoms with Crippen molar-refractivity contribution in [2.75, 3.05) is 23.8 Å². The molecule has 5 aromatic rings. The first kappa shape index (κ1) is 20.8. The van der Waals surface area contributed by atoms with E-state index >= 15 is 0 Å². The maximum absolute atomic E-state index is 12.2. The van der Waals surface area contributed by atoms with E-state index in [0.29, 0.717) is 28.5 Å². The number of anilines is 4. The summed E-state index contributed by atoms with van der Waals surface area (Å²) < 4.78 is 26.6. The average Bonchev–Trinajstić information content (AvgIpc) is 3.47. The summed E-state index contributed by atoms with van der Waals surface area (Å²) in [5, 5.41) is 30.7. The number of aromatic amines is 2. The van der Waals surface area contributed by atoms with E-state index in [4.69, 9.17) is 5.11 Å². The smallest absolute Gasteiger partial charge is 0.240 e. The Morgan fingerprint density at radius 2 is 1.70 bits per heavy atom. The number of nitrogens with zero attached hydrogens (tertiary/aromatic N) is 4. The number of aliphatic hydroxyl groups is 1. The maximum atomic E-state index is 12.2. The summed E-state index contributed by atoms with van der Waals surface area (Å²) >= 11 is 0. The molecule has 0 saturated heterocycles. The predicted octanol–water partition coefficient (Wildman–Crippen LogP) is 1.99. The molecule has 0 aliphatic heterocycles. The van der Waals surface area contributed by atoms with Crippen LogP contribution in [0.1, 0.15) is 0 Å². The van der Waals surface area contributed by atoms with Gasteiger partial charge >= 0.3 is 0 Å². The third-order valence-corrected chi connectivity index (χ3v) is 6.31. The van der Waals surface area contributed by atoms with Crippen LogP contribution in [0.3, 0.4) is 0 Å². The van der Waals surface area contributed by atoms with Crippen molar-refractivity contribution >= 4 is 55.1 Å². The number of hydrogen-bond acceptors (Lipinski definition) is 9. The lowest BCUT2D eigenvalue weighted by atomic mass is 10.2. The summed E-state index contributed by atoms with van der Waals surface area (Å²) in [4.78, 5) is 9.09. The zero-order chi connectivity index (χ0) is 22.8. The molecule has 3 heterocycles. The molecular weight excluding hydrogens is 446 g/mol. The molecule has 0 spiro atoms. The molecule has 0 amide bonds. The SMILES string of the molecule is O=S(=O)(NCCO)c1ccc(Nc2nc(Nc3ccc4[nH]ncc4c3)c3cn[nH]c3n2)cc1. The molecule has 12 nitrogen and oxygen atoms in total. The highest BCUT2D eigenvalue weighted by molar-refractivity contribution is 7.89. The van der Waals surface area contributed by atoms with Crippen LogP contribution in [-0.2, 0) is 10.0 Å². The molecule has 0 unspecified atom stereocenters.